The summed E-state index contributed by atoms with van der Waals surface area (Å²) in [6, 6.07) is 9.99. The smallest absolute Gasteiger partial charge is 0.321 e. The van der Waals surface area contributed by atoms with Crippen LogP contribution in [0.3, 0.4) is 0 Å². The maximum Gasteiger partial charge on any atom is 0.321 e. The predicted molar refractivity (Wildman–Crippen MR) is 111 cm³/mol. The van der Waals surface area contributed by atoms with Gasteiger partial charge < -0.3 is 10.1 Å². The van der Waals surface area contributed by atoms with Crippen LogP contribution in [0.25, 0.3) is 0 Å². The fourth-order valence-electron chi connectivity index (χ4n) is 2.82. The number of ether oxygens (including phenoxy) is 1. The Morgan fingerprint density at radius 2 is 1.60 bits per heavy atom. The lowest BCUT2D eigenvalue weighted by molar-refractivity contribution is -0.147. The standard InChI is InChI=1S/C21H25FN2O5S/c1-4-15-7-6-8-16(5-2)21(15)23-19(25)14-29-20(26)13-24(3)30(27,28)18-11-9-17(22)10-12-18/h6-12H,4-5,13-14H2,1-3H3,(H,23,25). The van der Waals surface area contributed by atoms with Crippen molar-refractivity contribution in [3.05, 3.63) is 59.4 Å². The fraction of sp³-hybridized carbons (Fsp3) is 0.333. The molecule has 0 saturated carbocycles. The number of benzene rings is 2. The van der Waals surface area contributed by atoms with Gasteiger partial charge in [0, 0.05) is 12.7 Å². The van der Waals surface area contributed by atoms with Crippen molar-refractivity contribution in [1.29, 1.82) is 0 Å². The quantitative estimate of drug-likeness (QED) is 0.610. The topological polar surface area (TPSA) is 92.8 Å². The summed E-state index contributed by atoms with van der Waals surface area (Å²) < 4.78 is 43.5. The minimum Gasteiger partial charge on any atom is -0.455 e. The van der Waals surface area contributed by atoms with E-state index in [0.717, 1.165) is 52.5 Å². The molecule has 2 aromatic rings. The number of halogens is 1. The Hall–Kier alpha value is -2.78. The molecule has 0 saturated heterocycles. The number of carbonyl (C=O) groups excluding carboxylic acids is 2. The zero-order valence-corrected chi connectivity index (χ0v) is 18.0. The van der Waals surface area contributed by atoms with Crippen LogP contribution in [0.4, 0.5) is 10.1 Å². The number of hydrogen-bond donors (Lipinski definition) is 1. The SMILES string of the molecule is CCc1cccc(CC)c1NC(=O)COC(=O)CN(C)S(=O)(=O)c1ccc(F)cc1. The number of nitrogens with one attached hydrogen (secondary N) is 1. The van der Waals surface area contributed by atoms with E-state index in [9.17, 15) is 22.4 Å². The number of rotatable bonds is 9. The van der Waals surface area contributed by atoms with E-state index in [-0.39, 0.29) is 4.90 Å². The second kappa shape index (κ2) is 10.3. The first kappa shape index (κ1) is 23.5. The van der Waals surface area contributed by atoms with Gasteiger partial charge in [0.15, 0.2) is 6.61 Å². The van der Waals surface area contributed by atoms with Gasteiger partial charge >= 0.3 is 5.97 Å². The lowest BCUT2D eigenvalue weighted by Crippen LogP contribution is -2.34. The summed E-state index contributed by atoms with van der Waals surface area (Å²) >= 11 is 0. The average Bonchev–Trinajstić information content (AvgIpc) is 2.72. The van der Waals surface area contributed by atoms with Crippen molar-refractivity contribution in [2.45, 2.75) is 31.6 Å². The molecule has 0 atom stereocenters. The Labute approximate surface area is 175 Å². The molecule has 0 radical (unpaired) electrons. The number of nitrogens with zero attached hydrogens (tertiary/aromatic N) is 1. The molecule has 0 bridgehead atoms. The molecule has 1 amide bonds. The third-order valence-electron chi connectivity index (χ3n) is 4.50. The zero-order chi connectivity index (χ0) is 22.3. The fourth-order valence-corrected chi connectivity index (χ4v) is 3.94. The summed E-state index contributed by atoms with van der Waals surface area (Å²) in [6.45, 7) is 2.83. The van der Waals surface area contributed by atoms with Crippen LogP contribution in [0.5, 0.6) is 0 Å². The van der Waals surface area contributed by atoms with Crippen molar-refractivity contribution >= 4 is 27.6 Å². The van der Waals surface area contributed by atoms with E-state index in [1.54, 1.807) is 0 Å². The second-order valence-electron chi connectivity index (χ2n) is 6.58. The highest BCUT2D eigenvalue weighted by atomic mass is 32.2. The normalized spacial score (nSPS) is 11.4. The third-order valence-corrected chi connectivity index (χ3v) is 6.32. The van der Waals surface area contributed by atoms with E-state index in [1.165, 1.54) is 7.05 Å². The van der Waals surface area contributed by atoms with E-state index >= 15 is 0 Å². The van der Waals surface area contributed by atoms with E-state index in [1.807, 2.05) is 32.0 Å². The second-order valence-corrected chi connectivity index (χ2v) is 8.63. The van der Waals surface area contributed by atoms with Crippen molar-refractivity contribution in [2.24, 2.45) is 0 Å². The summed E-state index contributed by atoms with van der Waals surface area (Å²) in [5, 5.41) is 2.77. The number of anilines is 1. The summed E-state index contributed by atoms with van der Waals surface area (Å²) in [6.07, 6.45) is 1.46. The summed E-state index contributed by atoms with van der Waals surface area (Å²) in [7, 11) is -2.79. The highest BCUT2D eigenvalue weighted by molar-refractivity contribution is 7.89. The van der Waals surface area contributed by atoms with Gasteiger partial charge in [-0.05, 0) is 48.2 Å². The largest absolute Gasteiger partial charge is 0.455 e. The molecule has 0 heterocycles. The predicted octanol–water partition coefficient (Wildman–Crippen LogP) is 2.75. The molecular weight excluding hydrogens is 411 g/mol. The number of hydrogen-bond acceptors (Lipinski definition) is 5. The van der Waals surface area contributed by atoms with Gasteiger partial charge in [0.2, 0.25) is 10.0 Å². The maximum atomic E-state index is 13.0. The van der Waals surface area contributed by atoms with Crippen molar-refractivity contribution in [1.82, 2.24) is 4.31 Å². The monoisotopic (exact) mass is 436 g/mol. The molecule has 30 heavy (non-hydrogen) atoms. The van der Waals surface area contributed by atoms with Crippen LogP contribution in [0.2, 0.25) is 0 Å². The van der Waals surface area contributed by atoms with Crippen LogP contribution in [0.1, 0.15) is 25.0 Å². The van der Waals surface area contributed by atoms with Crippen LogP contribution in [-0.4, -0.2) is 44.8 Å². The van der Waals surface area contributed by atoms with Gasteiger partial charge in [0.05, 0.1) is 4.90 Å². The zero-order valence-electron chi connectivity index (χ0n) is 17.1. The minimum absolute atomic E-state index is 0.153. The molecule has 162 valence electrons. The van der Waals surface area contributed by atoms with E-state index in [0.29, 0.717) is 5.69 Å². The van der Waals surface area contributed by atoms with Crippen LogP contribution >= 0.6 is 0 Å². The van der Waals surface area contributed by atoms with Crippen LogP contribution in [-0.2, 0) is 37.2 Å². The molecule has 0 aliphatic heterocycles. The molecule has 0 unspecified atom stereocenters. The van der Waals surface area contributed by atoms with Gasteiger partial charge in [-0.3, -0.25) is 9.59 Å². The number of amides is 1. The highest BCUT2D eigenvalue weighted by Gasteiger charge is 2.24. The molecule has 0 spiro atoms. The van der Waals surface area contributed by atoms with Gasteiger partial charge in [-0.2, -0.15) is 4.31 Å². The van der Waals surface area contributed by atoms with Crippen molar-refractivity contribution < 1.29 is 27.1 Å². The van der Waals surface area contributed by atoms with Gasteiger partial charge in [-0.15, -0.1) is 0 Å². The Balaban J connectivity index is 1.94. The molecular formula is C21H25FN2O5S. The molecule has 0 aromatic heterocycles. The summed E-state index contributed by atoms with van der Waals surface area (Å²) in [5.74, 6) is -1.96. The highest BCUT2D eigenvalue weighted by Crippen LogP contribution is 2.22. The average molecular weight is 437 g/mol. The first-order valence-electron chi connectivity index (χ1n) is 9.47. The molecule has 9 heteroatoms. The Morgan fingerprint density at radius 3 is 2.13 bits per heavy atom. The van der Waals surface area contributed by atoms with Crippen molar-refractivity contribution in [2.75, 3.05) is 25.5 Å². The lowest BCUT2D eigenvalue weighted by atomic mass is 10.0. The molecule has 2 aromatic carbocycles. The number of aryl methyl sites for hydroxylation is 2. The number of carbonyl (C=O) groups is 2. The number of sulfonamides is 1. The van der Waals surface area contributed by atoms with Crippen molar-refractivity contribution in [3.8, 4) is 0 Å². The van der Waals surface area contributed by atoms with Crippen LogP contribution in [0.15, 0.2) is 47.4 Å². The number of para-hydroxylation sites is 1. The molecule has 0 aliphatic carbocycles. The number of esters is 1. The van der Waals surface area contributed by atoms with Crippen molar-refractivity contribution in [3.63, 3.8) is 0 Å². The molecule has 0 fully saturated rings. The Bertz CT molecular complexity index is 984. The van der Waals surface area contributed by atoms with Gasteiger partial charge in [0.1, 0.15) is 12.4 Å². The van der Waals surface area contributed by atoms with Crippen LogP contribution in [0, 0.1) is 5.82 Å². The molecule has 0 aliphatic rings. The Morgan fingerprint density at radius 1 is 1.03 bits per heavy atom. The summed E-state index contributed by atoms with van der Waals surface area (Å²) in [4.78, 5) is 24.1. The molecule has 7 nitrogen and oxygen atoms in total. The molecule has 2 rings (SSSR count). The first-order chi connectivity index (χ1) is 14.2. The van der Waals surface area contributed by atoms with E-state index in [4.69, 9.17) is 4.74 Å². The van der Waals surface area contributed by atoms with E-state index < -0.39 is 40.9 Å². The minimum atomic E-state index is -3.99. The first-order valence-corrected chi connectivity index (χ1v) is 10.9. The van der Waals surface area contributed by atoms with Gasteiger partial charge in [0.25, 0.3) is 5.91 Å². The Kier molecular flexibility index (Phi) is 8.08. The van der Waals surface area contributed by atoms with E-state index in [2.05, 4.69) is 5.32 Å². The lowest BCUT2D eigenvalue weighted by Gasteiger charge is -2.17. The maximum absolute atomic E-state index is 13.0. The van der Waals surface area contributed by atoms with Gasteiger partial charge in [-0.1, -0.05) is 32.0 Å². The number of likely N-dealkylation sites (N-methyl/N-ethyl adjacent to an activating group) is 1. The molecule has 1 N–H and O–H groups in total. The third kappa shape index (κ3) is 5.87. The van der Waals surface area contributed by atoms with Crippen LogP contribution < -0.4 is 5.32 Å². The van der Waals surface area contributed by atoms with Gasteiger partial charge in [-0.25, -0.2) is 12.8 Å². The summed E-state index contributed by atoms with van der Waals surface area (Å²) in [5.41, 5.74) is 2.65.